The summed E-state index contributed by atoms with van der Waals surface area (Å²) < 4.78 is 7.16. The Hall–Kier alpha value is -2.59. The molecule has 1 aliphatic carbocycles. The maximum atomic E-state index is 10.3. The second-order valence-corrected chi connectivity index (χ2v) is 7.21. The Bertz CT molecular complexity index is 1010. The van der Waals surface area contributed by atoms with Crippen molar-refractivity contribution in [3.05, 3.63) is 48.0 Å². The van der Waals surface area contributed by atoms with E-state index < -0.39 is 24.5 Å². The highest BCUT2D eigenvalue weighted by Crippen LogP contribution is 2.36. The Balaban J connectivity index is 1.47. The summed E-state index contributed by atoms with van der Waals surface area (Å²) in [5, 5.41) is 33.1. The van der Waals surface area contributed by atoms with Crippen LogP contribution in [-0.4, -0.2) is 59.8 Å². The second-order valence-electron chi connectivity index (χ2n) is 7.21. The van der Waals surface area contributed by atoms with Gasteiger partial charge in [0, 0.05) is 0 Å². The minimum atomic E-state index is -1.19. The molecule has 0 amide bonds. The van der Waals surface area contributed by atoms with Crippen molar-refractivity contribution in [1.82, 2.24) is 19.5 Å². The van der Waals surface area contributed by atoms with Crippen molar-refractivity contribution in [2.45, 2.75) is 43.4 Å². The number of nitrogens with one attached hydrogen (secondary N) is 1. The number of nitrogens with zero attached hydrogens (tertiary/aromatic N) is 4. The van der Waals surface area contributed by atoms with Crippen LogP contribution in [0.5, 0.6) is 0 Å². The van der Waals surface area contributed by atoms with Gasteiger partial charge in [0.25, 0.3) is 0 Å². The van der Waals surface area contributed by atoms with Crippen LogP contribution in [0.3, 0.4) is 0 Å². The molecular weight excluding hydrogens is 362 g/mol. The molecule has 2 aromatic heterocycles. The summed E-state index contributed by atoms with van der Waals surface area (Å²) in [6, 6.07) is 8.49. The smallest absolute Gasteiger partial charge is 0.167 e. The van der Waals surface area contributed by atoms with Crippen molar-refractivity contribution in [2.75, 3.05) is 11.9 Å². The zero-order valence-electron chi connectivity index (χ0n) is 15.0. The first-order chi connectivity index (χ1) is 13.7. The van der Waals surface area contributed by atoms with Gasteiger partial charge in [-0.1, -0.05) is 24.3 Å². The van der Waals surface area contributed by atoms with Crippen LogP contribution in [0.2, 0.25) is 0 Å². The van der Waals surface area contributed by atoms with Gasteiger partial charge in [0.05, 0.1) is 19.0 Å². The lowest BCUT2D eigenvalue weighted by molar-refractivity contribution is -0.0511. The summed E-state index contributed by atoms with van der Waals surface area (Å²) in [7, 11) is 0. The molecule has 3 heterocycles. The van der Waals surface area contributed by atoms with E-state index in [0.29, 0.717) is 17.0 Å². The van der Waals surface area contributed by atoms with Gasteiger partial charge in [0.1, 0.15) is 24.6 Å². The summed E-state index contributed by atoms with van der Waals surface area (Å²) in [5.74, 6) is 0.609. The van der Waals surface area contributed by atoms with E-state index in [4.69, 9.17) is 4.74 Å². The fourth-order valence-electron chi connectivity index (χ4n) is 4.13. The van der Waals surface area contributed by atoms with Crippen LogP contribution in [0.25, 0.3) is 11.2 Å². The summed E-state index contributed by atoms with van der Waals surface area (Å²) in [4.78, 5) is 13.1. The molecule has 0 saturated carbocycles. The number of rotatable bonds is 4. The number of aliphatic hydroxyl groups is 3. The lowest BCUT2D eigenvalue weighted by Crippen LogP contribution is -2.33. The molecule has 0 radical (unpaired) electrons. The summed E-state index contributed by atoms with van der Waals surface area (Å²) in [6.45, 7) is -0.385. The molecule has 1 saturated heterocycles. The standard InChI is InChI=1S/C19H21N5O4/c25-7-13-15(26)16(27)19(28-13)24-9-22-14-17(20-8-21-18(14)24)23-12-6-5-10-3-1-2-4-11(10)12/h1-4,8-9,12-13,15-16,19,25-27H,5-7H2,(H,20,21,23)/t12?,13-,15+,16?,19-/m0/s1. The highest BCUT2D eigenvalue weighted by Gasteiger charge is 2.44. The molecule has 146 valence electrons. The van der Waals surface area contributed by atoms with Crippen molar-refractivity contribution in [3.63, 3.8) is 0 Å². The highest BCUT2D eigenvalue weighted by molar-refractivity contribution is 5.83. The normalized spacial score (nSPS) is 29.3. The predicted molar refractivity (Wildman–Crippen MR) is 99.5 cm³/mol. The average molecular weight is 383 g/mol. The largest absolute Gasteiger partial charge is 0.394 e. The molecule has 1 aliphatic heterocycles. The van der Waals surface area contributed by atoms with E-state index in [-0.39, 0.29) is 12.6 Å². The molecule has 2 unspecified atom stereocenters. The van der Waals surface area contributed by atoms with Crippen molar-refractivity contribution in [3.8, 4) is 0 Å². The number of aryl methyl sites for hydroxylation is 1. The molecule has 0 spiro atoms. The molecular formula is C19H21N5O4. The van der Waals surface area contributed by atoms with Gasteiger partial charge in [0.2, 0.25) is 0 Å². The molecule has 3 aromatic rings. The maximum absolute atomic E-state index is 10.3. The van der Waals surface area contributed by atoms with Crippen LogP contribution in [-0.2, 0) is 11.2 Å². The number of imidazole rings is 1. The third-order valence-electron chi connectivity index (χ3n) is 5.59. The Morgan fingerprint density at radius 2 is 2.00 bits per heavy atom. The second kappa shape index (κ2) is 6.78. The zero-order valence-corrected chi connectivity index (χ0v) is 15.0. The van der Waals surface area contributed by atoms with E-state index in [2.05, 4.69) is 32.4 Å². The van der Waals surface area contributed by atoms with E-state index in [1.807, 2.05) is 12.1 Å². The third-order valence-corrected chi connectivity index (χ3v) is 5.59. The highest BCUT2D eigenvalue weighted by atomic mass is 16.6. The number of fused-ring (bicyclic) bond motifs is 2. The van der Waals surface area contributed by atoms with Crippen molar-refractivity contribution >= 4 is 17.0 Å². The van der Waals surface area contributed by atoms with Gasteiger partial charge in [-0.2, -0.15) is 0 Å². The summed E-state index contributed by atoms with van der Waals surface area (Å²) in [5.41, 5.74) is 3.64. The first-order valence-electron chi connectivity index (χ1n) is 9.31. The van der Waals surface area contributed by atoms with Crippen LogP contribution in [0.15, 0.2) is 36.9 Å². The first-order valence-corrected chi connectivity index (χ1v) is 9.31. The quantitative estimate of drug-likeness (QED) is 0.514. The van der Waals surface area contributed by atoms with Gasteiger partial charge in [-0.05, 0) is 24.0 Å². The van der Waals surface area contributed by atoms with Crippen LogP contribution < -0.4 is 5.32 Å². The zero-order chi connectivity index (χ0) is 19.3. The molecule has 0 bridgehead atoms. The number of benzene rings is 1. The van der Waals surface area contributed by atoms with E-state index in [0.717, 1.165) is 12.8 Å². The topological polar surface area (TPSA) is 126 Å². The number of hydrogen-bond donors (Lipinski definition) is 4. The molecule has 5 atom stereocenters. The minimum absolute atomic E-state index is 0.147. The summed E-state index contributed by atoms with van der Waals surface area (Å²) >= 11 is 0. The van der Waals surface area contributed by atoms with Crippen LogP contribution in [0, 0.1) is 0 Å². The maximum Gasteiger partial charge on any atom is 0.167 e. The molecule has 5 rings (SSSR count). The van der Waals surface area contributed by atoms with Crippen LogP contribution in [0.1, 0.15) is 29.8 Å². The Morgan fingerprint density at radius 3 is 2.82 bits per heavy atom. The monoisotopic (exact) mass is 383 g/mol. The minimum Gasteiger partial charge on any atom is -0.394 e. The number of anilines is 1. The van der Waals surface area contributed by atoms with Crippen LogP contribution >= 0.6 is 0 Å². The molecule has 2 aliphatic rings. The van der Waals surface area contributed by atoms with E-state index >= 15 is 0 Å². The van der Waals surface area contributed by atoms with Gasteiger partial charge in [-0.25, -0.2) is 15.0 Å². The lowest BCUT2D eigenvalue weighted by atomic mass is 10.1. The molecule has 9 heteroatoms. The van der Waals surface area contributed by atoms with E-state index in [9.17, 15) is 15.3 Å². The summed E-state index contributed by atoms with van der Waals surface area (Å²) in [6.07, 6.45) is 0.821. The van der Waals surface area contributed by atoms with Crippen molar-refractivity contribution in [2.24, 2.45) is 0 Å². The number of aromatic nitrogens is 4. The van der Waals surface area contributed by atoms with Gasteiger partial charge in [-0.15, -0.1) is 0 Å². The fourth-order valence-corrected chi connectivity index (χ4v) is 4.13. The van der Waals surface area contributed by atoms with E-state index in [1.54, 1.807) is 4.57 Å². The number of ether oxygens (including phenoxy) is 1. The average Bonchev–Trinajstić information content (AvgIpc) is 3.40. The molecule has 28 heavy (non-hydrogen) atoms. The van der Waals surface area contributed by atoms with Gasteiger partial charge >= 0.3 is 0 Å². The van der Waals surface area contributed by atoms with Gasteiger partial charge < -0.3 is 25.4 Å². The Labute approximate surface area is 160 Å². The molecule has 1 fully saturated rings. The first kappa shape index (κ1) is 17.5. The fraction of sp³-hybridized carbons (Fsp3) is 0.421. The molecule has 1 aromatic carbocycles. The Kier molecular flexibility index (Phi) is 4.24. The number of hydrogen-bond acceptors (Lipinski definition) is 8. The third kappa shape index (κ3) is 2.67. The van der Waals surface area contributed by atoms with Gasteiger partial charge in [0.15, 0.2) is 23.2 Å². The molecule has 9 nitrogen and oxygen atoms in total. The number of aliphatic hydroxyl groups excluding tert-OH is 3. The lowest BCUT2D eigenvalue weighted by Gasteiger charge is -2.17. The SMILES string of the molecule is OC[C@@H]1O[C@H](n2cnc3c(NC4CCc5ccccc54)ncnc32)C(O)[C@@H]1O. The molecule has 4 N–H and O–H groups in total. The van der Waals surface area contributed by atoms with Crippen LogP contribution in [0.4, 0.5) is 5.82 Å². The Morgan fingerprint density at radius 1 is 1.14 bits per heavy atom. The van der Waals surface area contributed by atoms with E-state index in [1.165, 1.54) is 23.8 Å². The van der Waals surface area contributed by atoms with Crippen molar-refractivity contribution in [1.29, 1.82) is 0 Å². The van der Waals surface area contributed by atoms with Gasteiger partial charge in [-0.3, -0.25) is 4.57 Å². The predicted octanol–water partition coefficient (Wildman–Crippen LogP) is 0.537. The van der Waals surface area contributed by atoms with Crippen molar-refractivity contribution < 1.29 is 20.1 Å².